The Labute approximate surface area is 239 Å². The molecule has 0 aromatic heterocycles. The van der Waals surface area contributed by atoms with E-state index in [9.17, 15) is 4.79 Å². The van der Waals surface area contributed by atoms with Crippen LogP contribution < -0.4 is 10.3 Å². The van der Waals surface area contributed by atoms with Crippen LogP contribution in [0.15, 0.2) is 84.0 Å². The van der Waals surface area contributed by atoms with Crippen molar-refractivity contribution in [1.29, 1.82) is 0 Å². The number of morpholine rings is 1. The maximum Gasteiger partial charge on any atom is 0.248 e. The molecule has 1 amide bonds. The first-order valence-corrected chi connectivity index (χ1v) is 14.7. The predicted molar refractivity (Wildman–Crippen MR) is 162 cm³/mol. The van der Waals surface area contributed by atoms with Gasteiger partial charge in [0.1, 0.15) is 5.54 Å². The van der Waals surface area contributed by atoms with Crippen LogP contribution >= 0.6 is 0 Å². The largest absolute Gasteiger partial charge is 0.379 e. The van der Waals surface area contributed by atoms with E-state index in [-0.39, 0.29) is 11.8 Å². The average molecular weight is 539 g/mol. The van der Waals surface area contributed by atoms with Gasteiger partial charge in [-0.25, -0.2) is 5.01 Å². The lowest BCUT2D eigenvalue weighted by atomic mass is 9.76. The van der Waals surface area contributed by atoms with E-state index >= 15 is 0 Å². The van der Waals surface area contributed by atoms with Crippen molar-refractivity contribution >= 4 is 17.3 Å². The summed E-state index contributed by atoms with van der Waals surface area (Å²) in [5, 5.41) is 10.4. The molecule has 0 spiro atoms. The first-order chi connectivity index (χ1) is 19.5. The molecule has 210 valence electrons. The molecule has 3 aromatic rings. The van der Waals surface area contributed by atoms with Crippen LogP contribution in [0.2, 0.25) is 0 Å². The second-order valence-corrected chi connectivity index (χ2v) is 11.2. The Morgan fingerprint density at radius 1 is 0.975 bits per heavy atom. The molecule has 2 atom stereocenters. The molecule has 0 aliphatic carbocycles. The fourth-order valence-electron chi connectivity index (χ4n) is 5.80. The lowest BCUT2D eigenvalue weighted by Gasteiger charge is -2.37. The Hall–Kier alpha value is -3.48. The van der Waals surface area contributed by atoms with Gasteiger partial charge in [-0.15, -0.1) is 0 Å². The zero-order chi connectivity index (χ0) is 28.0. The van der Waals surface area contributed by atoms with Crippen LogP contribution in [0.25, 0.3) is 0 Å². The van der Waals surface area contributed by atoms with Gasteiger partial charge in [0.15, 0.2) is 0 Å². The molecule has 0 bridgehead atoms. The number of nitrogens with zero attached hydrogens (tertiary/aromatic N) is 3. The van der Waals surface area contributed by atoms with Gasteiger partial charge in [0.25, 0.3) is 0 Å². The number of ether oxygens (including phenoxy) is 1. The topological polar surface area (TPSA) is 57.2 Å². The Morgan fingerprint density at radius 2 is 1.65 bits per heavy atom. The molecule has 6 nitrogen and oxygen atoms in total. The summed E-state index contributed by atoms with van der Waals surface area (Å²) in [5.41, 5.74) is 5.73. The number of hydrazone groups is 1. The van der Waals surface area contributed by atoms with Crippen LogP contribution in [-0.2, 0) is 22.6 Å². The molecule has 1 saturated heterocycles. The van der Waals surface area contributed by atoms with E-state index in [4.69, 9.17) is 9.84 Å². The highest BCUT2D eigenvalue weighted by Crippen LogP contribution is 2.41. The van der Waals surface area contributed by atoms with Gasteiger partial charge in [0.2, 0.25) is 5.91 Å². The Balaban J connectivity index is 1.37. The lowest BCUT2D eigenvalue weighted by Crippen LogP contribution is -2.57. The number of carbonyl (C=O) groups is 1. The smallest absolute Gasteiger partial charge is 0.248 e. The van der Waals surface area contributed by atoms with E-state index in [1.54, 1.807) is 0 Å². The summed E-state index contributed by atoms with van der Waals surface area (Å²) in [7, 11) is 0. The Kier molecular flexibility index (Phi) is 8.98. The van der Waals surface area contributed by atoms with Crippen molar-refractivity contribution in [1.82, 2.24) is 10.2 Å². The Bertz CT molecular complexity index is 1280. The van der Waals surface area contributed by atoms with Crippen LogP contribution in [0.1, 0.15) is 55.4 Å². The van der Waals surface area contributed by atoms with Crippen LogP contribution in [0.5, 0.6) is 0 Å². The number of unbranched alkanes of at least 4 members (excludes halogenated alkanes) is 1. The molecule has 6 heteroatoms. The van der Waals surface area contributed by atoms with Crippen molar-refractivity contribution in [3.05, 3.63) is 101 Å². The van der Waals surface area contributed by atoms with Gasteiger partial charge in [0.05, 0.1) is 24.6 Å². The van der Waals surface area contributed by atoms with Crippen LogP contribution in [0, 0.1) is 12.8 Å². The third-order valence-corrected chi connectivity index (χ3v) is 8.30. The number of hydrogen-bond donors (Lipinski definition) is 1. The SMILES string of the molecule is CCCCC1C(c2ccc(C)cc2)=NN(c2ccccc2)C1(C)C(=O)NCc1ccc(CN2CCOCC2)cc1. The number of para-hydroxylation sites is 1. The van der Waals surface area contributed by atoms with E-state index in [0.29, 0.717) is 6.54 Å². The van der Waals surface area contributed by atoms with Gasteiger partial charge in [-0.1, -0.05) is 92.1 Å². The number of hydrogen-bond acceptors (Lipinski definition) is 5. The maximum absolute atomic E-state index is 14.2. The second kappa shape index (κ2) is 12.8. The van der Waals surface area contributed by atoms with Gasteiger partial charge in [-0.3, -0.25) is 9.69 Å². The maximum atomic E-state index is 14.2. The first kappa shape index (κ1) is 28.1. The molecule has 2 heterocycles. The lowest BCUT2D eigenvalue weighted by molar-refractivity contribution is -0.127. The number of rotatable bonds is 10. The van der Waals surface area contributed by atoms with E-state index in [1.165, 1.54) is 11.1 Å². The minimum atomic E-state index is -0.854. The molecule has 2 unspecified atom stereocenters. The van der Waals surface area contributed by atoms with Crippen molar-refractivity contribution in [2.45, 2.75) is 58.7 Å². The molecule has 1 N–H and O–H groups in total. The molecule has 0 saturated carbocycles. The van der Waals surface area contributed by atoms with Gasteiger partial charge in [0, 0.05) is 32.1 Å². The highest BCUT2D eigenvalue weighted by atomic mass is 16.5. The fourth-order valence-corrected chi connectivity index (χ4v) is 5.80. The van der Waals surface area contributed by atoms with Crippen molar-refractivity contribution in [3.63, 3.8) is 0 Å². The van der Waals surface area contributed by atoms with Gasteiger partial charge < -0.3 is 10.1 Å². The molecule has 1 fully saturated rings. The molecular formula is C34H42N4O2. The highest BCUT2D eigenvalue weighted by Gasteiger charge is 2.53. The normalized spacial score (nSPS) is 21.3. The van der Waals surface area contributed by atoms with Crippen molar-refractivity contribution in [2.24, 2.45) is 11.0 Å². The summed E-state index contributed by atoms with van der Waals surface area (Å²) in [6.07, 6.45) is 3.00. The predicted octanol–water partition coefficient (Wildman–Crippen LogP) is 5.93. The number of anilines is 1. The van der Waals surface area contributed by atoms with Crippen molar-refractivity contribution in [3.8, 4) is 0 Å². The summed E-state index contributed by atoms with van der Waals surface area (Å²) in [6.45, 7) is 11.3. The molecule has 2 aliphatic heterocycles. The number of carbonyl (C=O) groups excluding carboxylic acids is 1. The molecule has 3 aromatic carbocycles. The van der Waals surface area contributed by atoms with Crippen LogP contribution in [0.3, 0.4) is 0 Å². The minimum absolute atomic E-state index is 0.000658. The van der Waals surface area contributed by atoms with Gasteiger partial charge in [-0.05, 0) is 49.1 Å². The zero-order valence-corrected chi connectivity index (χ0v) is 24.1. The minimum Gasteiger partial charge on any atom is -0.379 e. The standard InChI is InChI=1S/C34H42N4O2/c1-4-5-11-31-32(29-18-12-26(2)13-19-29)36-38(30-9-7-6-8-10-30)34(31,3)33(39)35-24-27-14-16-28(17-15-27)25-37-20-22-40-23-21-37/h6-10,12-19,31H,4-5,11,20-25H2,1-3H3,(H,35,39). The quantitative estimate of drug-likeness (QED) is 0.348. The fraction of sp³-hybridized carbons (Fsp3) is 0.412. The summed E-state index contributed by atoms with van der Waals surface area (Å²) < 4.78 is 5.47. The number of nitrogens with one attached hydrogen (secondary N) is 1. The van der Waals surface area contributed by atoms with Gasteiger partial charge >= 0.3 is 0 Å². The average Bonchev–Trinajstić information content (AvgIpc) is 3.29. The number of aryl methyl sites for hydroxylation is 1. The monoisotopic (exact) mass is 538 g/mol. The zero-order valence-electron chi connectivity index (χ0n) is 24.1. The van der Waals surface area contributed by atoms with Crippen LogP contribution in [-0.4, -0.2) is 48.4 Å². The molecular weight excluding hydrogens is 496 g/mol. The van der Waals surface area contributed by atoms with E-state index in [1.807, 2.05) is 35.3 Å². The molecule has 0 radical (unpaired) electrons. The van der Waals surface area contributed by atoms with Gasteiger partial charge in [-0.2, -0.15) is 5.10 Å². The van der Waals surface area contributed by atoms with Crippen molar-refractivity contribution < 1.29 is 9.53 Å². The Morgan fingerprint density at radius 3 is 2.33 bits per heavy atom. The summed E-state index contributed by atoms with van der Waals surface area (Å²) in [4.78, 5) is 16.6. The van der Waals surface area contributed by atoms with Crippen molar-refractivity contribution in [2.75, 3.05) is 31.3 Å². The molecule has 5 rings (SSSR count). The molecule has 2 aliphatic rings. The molecule has 40 heavy (non-hydrogen) atoms. The highest BCUT2D eigenvalue weighted by molar-refractivity contribution is 6.10. The summed E-state index contributed by atoms with van der Waals surface area (Å²) in [6, 6.07) is 27.2. The third-order valence-electron chi connectivity index (χ3n) is 8.30. The van der Waals surface area contributed by atoms with Crippen LogP contribution in [0.4, 0.5) is 5.69 Å². The first-order valence-electron chi connectivity index (χ1n) is 14.7. The summed E-state index contributed by atoms with van der Waals surface area (Å²) >= 11 is 0. The van der Waals surface area contributed by atoms with E-state index in [2.05, 4.69) is 79.5 Å². The number of amides is 1. The van der Waals surface area contributed by atoms with E-state index < -0.39 is 5.54 Å². The number of benzene rings is 3. The summed E-state index contributed by atoms with van der Waals surface area (Å²) in [5.74, 6) is -0.0352. The van der Waals surface area contributed by atoms with E-state index in [0.717, 1.165) is 74.6 Å². The second-order valence-electron chi connectivity index (χ2n) is 11.2. The third kappa shape index (κ3) is 6.13.